The van der Waals surface area contributed by atoms with E-state index in [1.807, 2.05) is 6.07 Å². The highest BCUT2D eigenvalue weighted by Gasteiger charge is 2.14. The van der Waals surface area contributed by atoms with E-state index in [4.69, 9.17) is 4.74 Å². The van der Waals surface area contributed by atoms with Crippen LogP contribution in [-0.2, 0) is 19.1 Å². The third-order valence-electron chi connectivity index (χ3n) is 3.06. The van der Waals surface area contributed by atoms with Crippen molar-refractivity contribution in [3.63, 3.8) is 0 Å². The van der Waals surface area contributed by atoms with Gasteiger partial charge in [0.25, 0.3) is 0 Å². The summed E-state index contributed by atoms with van der Waals surface area (Å²) >= 11 is 0. The smallest absolute Gasteiger partial charge is 0.313 e. The fourth-order valence-electron chi connectivity index (χ4n) is 1.91. The van der Waals surface area contributed by atoms with E-state index in [1.165, 1.54) is 7.11 Å². The second-order valence-corrected chi connectivity index (χ2v) is 4.76. The quantitative estimate of drug-likeness (QED) is 0.443. The number of benzene rings is 1. The Hall–Kier alpha value is -2.87. The Bertz CT molecular complexity index is 710. The molecular weight excluding hydrogens is 300 g/mol. The minimum atomic E-state index is -0.874. The van der Waals surface area contributed by atoms with E-state index < -0.39 is 17.7 Å². The van der Waals surface area contributed by atoms with Crippen molar-refractivity contribution in [1.29, 1.82) is 0 Å². The maximum atomic E-state index is 11.8. The van der Waals surface area contributed by atoms with Crippen molar-refractivity contribution in [3.8, 4) is 0 Å². The molecule has 0 saturated heterocycles. The van der Waals surface area contributed by atoms with Gasteiger partial charge in [0.05, 0.1) is 13.2 Å². The van der Waals surface area contributed by atoms with E-state index in [2.05, 4.69) is 20.9 Å². The molecule has 0 aliphatic carbocycles. The number of fused-ring (bicyclic) bond motifs is 1. The zero-order chi connectivity index (χ0) is 16.7. The lowest BCUT2D eigenvalue weighted by Crippen LogP contribution is -2.42. The van der Waals surface area contributed by atoms with Gasteiger partial charge in [-0.15, -0.1) is 0 Å². The fourth-order valence-corrected chi connectivity index (χ4v) is 1.91. The number of H-pyrrole nitrogens is 1. The van der Waals surface area contributed by atoms with Crippen LogP contribution in [0.5, 0.6) is 0 Å². The minimum Gasteiger partial charge on any atom is -0.383 e. The van der Waals surface area contributed by atoms with Gasteiger partial charge in [-0.25, -0.2) is 0 Å². The van der Waals surface area contributed by atoms with Crippen LogP contribution in [0.2, 0.25) is 0 Å². The lowest BCUT2D eigenvalue weighted by atomic mass is 10.2. The summed E-state index contributed by atoms with van der Waals surface area (Å²) in [5.74, 6) is -2.09. The number of ether oxygens (including phenoxy) is 1. The summed E-state index contributed by atoms with van der Waals surface area (Å²) in [6, 6.07) is 7.08. The highest BCUT2D eigenvalue weighted by atomic mass is 16.5. The number of rotatable bonds is 6. The number of carbonyl (C=O) groups is 3. The first-order valence-corrected chi connectivity index (χ1v) is 7.02. The molecule has 0 atom stereocenters. The average Bonchev–Trinajstić information content (AvgIpc) is 3.00. The van der Waals surface area contributed by atoms with Crippen LogP contribution >= 0.6 is 0 Å². The van der Waals surface area contributed by atoms with E-state index >= 15 is 0 Å². The zero-order valence-electron chi connectivity index (χ0n) is 12.6. The molecule has 1 aromatic heterocycles. The van der Waals surface area contributed by atoms with Crippen LogP contribution in [0.3, 0.4) is 0 Å². The van der Waals surface area contributed by atoms with Gasteiger partial charge in [0.2, 0.25) is 5.91 Å². The van der Waals surface area contributed by atoms with E-state index in [0.29, 0.717) is 18.8 Å². The normalized spacial score (nSPS) is 10.3. The van der Waals surface area contributed by atoms with E-state index in [-0.39, 0.29) is 6.54 Å². The molecule has 0 radical (unpaired) electrons. The lowest BCUT2D eigenvalue weighted by molar-refractivity contribution is -0.136. The third-order valence-corrected chi connectivity index (χ3v) is 3.06. The molecule has 1 aromatic carbocycles. The summed E-state index contributed by atoms with van der Waals surface area (Å²) in [7, 11) is 1.52. The van der Waals surface area contributed by atoms with E-state index in [1.54, 1.807) is 24.4 Å². The predicted molar refractivity (Wildman–Crippen MR) is 84.8 cm³/mol. The molecule has 3 amide bonds. The molecule has 0 saturated carbocycles. The lowest BCUT2D eigenvalue weighted by Gasteiger charge is -2.07. The molecule has 23 heavy (non-hydrogen) atoms. The van der Waals surface area contributed by atoms with Gasteiger partial charge in [-0.2, -0.15) is 0 Å². The number of hydrogen-bond acceptors (Lipinski definition) is 4. The number of aromatic amines is 1. The van der Waals surface area contributed by atoms with Crippen molar-refractivity contribution in [2.24, 2.45) is 0 Å². The van der Waals surface area contributed by atoms with Crippen molar-refractivity contribution >= 4 is 34.3 Å². The first-order chi connectivity index (χ1) is 11.1. The van der Waals surface area contributed by atoms with Crippen molar-refractivity contribution < 1.29 is 19.1 Å². The minimum absolute atomic E-state index is 0.271. The van der Waals surface area contributed by atoms with Gasteiger partial charge >= 0.3 is 11.8 Å². The Morgan fingerprint density at radius 3 is 2.74 bits per heavy atom. The summed E-state index contributed by atoms with van der Waals surface area (Å²) in [6.45, 7) is 0.447. The molecule has 4 N–H and O–H groups in total. The van der Waals surface area contributed by atoms with Gasteiger partial charge < -0.3 is 25.7 Å². The topological polar surface area (TPSA) is 112 Å². The van der Waals surface area contributed by atoms with E-state index in [9.17, 15) is 14.4 Å². The predicted octanol–water partition coefficient (Wildman–Crippen LogP) is -0.0148. The highest BCUT2D eigenvalue weighted by molar-refractivity contribution is 6.39. The van der Waals surface area contributed by atoms with Crippen LogP contribution in [-0.4, -0.2) is 49.5 Å². The molecule has 8 heteroatoms. The number of methoxy groups -OCH3 is 1. The van der Waals surface area contributed by atoms with Crippen molar-refractivity contribution in [2.75, 3.05) is 32.1 Å². The summed E-state index contributed by atoms with van der Waals surface area (Å²) < 4.78 is 4.78. The van der Waals surface area contributed by atoms with Gasteiger partial charge in [-0.05, 0) is 24.3 Å². The van der Waals surface area contributed by atoms with Crippen LogP contribution < -0.4 is 16.0 Å². The Kier molecular flexibility index (Phi) is 5.70. The number of aromatic nitrogens is 1. The second kappa shape index (κ2) is 7.95. The summed E-state index contributed by atoms with van der Waals surface area (Å²) in [5.41, 5.74) is 1.43. The molecule has 0 unspecified atom stereocenters. The molecule has 0 spiro atoms. The SMILES string of the molecule is COCCNC(=O)CNC(=O)C(=O)Nc1ccc2[nH]ccc2c1. The molecule has 0 aliphatic rings. The Balaban J connectivity index is 1.80. The molecule has 0 fully saturated rings. The maximum Gasteiger partial charge on any atom is 0.313 e. The van der Waals surface area contributed by atoms with Gasteiger partial charge in [-0.1, -0.05) is 0 Å². The highest BCUT2D eigenvalue weighted by Crippen LogP contribution is 2.17. The molecule has 1 heterocycles. The number of carbonyl (C=O) groups excluding carboxylic acids is 3. The van der Waals surface area contributed by atoms with Crippen LogP contribution in [0.1, 0.15) is 0 Å². The number of hydrogen-bond donors (Lipinski definition) is 4. The molecule has 8 nitrogen and oxygen atoms in total. The Morgan fingerprint density at radius 2 is 1.96 bits per heavy atom. The monoisotopic (exact) mass is 318 g/mol. The fraction of sp³-hybridized carbons (Fsp3) is 0.267. The van der Waals surface area contributed by atoms with Crippen LogP contribution in [0.25, 0.3) is 10.9 Å². The molecule has 2 aromatic rings. The zero-order valence-corrected chi connectivity index (χ0v) is 12.6. The Labute approximate surface area is 132 Å². The number of amides is 3. The van der Waals surface area contributed by atoms with Crippen molar-refractivity contribution in [1.82, 2.24) is 15.6 Å². The molecular formula is C15H18N4O4. The third kappa shape index (κ3) is 4.82. The first-order valence-electron chi connectivity index (χ1n) is 7.02. The van der Waals surface area contributed by atoms with Gasteiger partial charge in [-0.3, -0.25) is 14.4 Å². The summed E-state index contributed by atoms with van der Waals surface area (Å²) in [4.78, 5) is 37.9. The van der Waals surface area contributed by atoms with Crippen molar-refractivity contribution in [2.45, 2.75) is 0 Å². The van der Waals surface area contributed by atoms with Crippen LogP contribution in [0, 0.1) is 0 Å². The van der Waals surface area contributed by atoms with Gasteiger partial charge in [0, 0.05) is 36.4 Å². The van der Waals surface area contributed by atoms with Crippen molar-refractivity contribution in [3.05, 3.63) is 30.5 Å². The first kappa shape index (κ1) is 16.5. The van der Waals surface area contributed by atoms with Crippen LogP contribution in [0.15, 0.2) is 30.5 Å². The molecule has 0 bridgehead atoms. The number of nitrogens with one attached hydrogen (secondary N) is 4. The average molecular weight is 318 g/mol. The molecule has 122 valence electrons. The largest absolute Gasteiger partial charge is 0.383 e. The summed E-state index contributed by atoms with van der Waals surface area (Å²) in [5, 5.41) is 8.18. The van der Waals surface area contributed by atoms with Gasteiger partial charge in [0.1, 0.15) is 0 Å². The molecule has 2 rings (SSSR count). The molecule has 0 aliphatic heterocycles. The van der Waals surface area contributed by atoms with Crippen LogP contribution in [0.4, 0.5) is 5.69 Å². The summed E-state index contributed by atoms with van der Waals surface area (Å²) in [6.07, 6.45) is 1.78. The van der Waals surface area contributed by atoms with Gasteiger partial charge in [0.15, 0.2) is 0 Å². The standard InChI is InChI=1S/C15H18N4O4/c1-23-7-6-17-13(20)9-18-14(21)15(22)19-11-2-3-12-10(8-11)4-5-16-12/h2-5,8,16H,6-7,9H2,1H3,(H,17,20)(H,18,21)(H,19,22). The second-order valence-electron chi connectivity index (χ2n) is 4.76. The van der Waals surface area contributed by atoms with E-state index in [0.717, 1.165) is 10.9 Å². The maximum absolute atomic E-state index is 11.8. The Morgan fingerprint density at radius 1 is 1.13 bits per heavy atom. The number of anilines is 1.